The maximum Gasteiger partial charge on any atom is 0.332 e. The zero-order chi connectivity index (χ0) is 20.6. The minimum atomic E-state index is -0.945. The number of nitrogens with zero attached hydrogens (tertiary/aromatic N) is 3. The van der Waals surface area contributed by atoms with Gasteiger partial charge < -0.3 is 10.6 Å². The van der Waals surface area contributed by atoms with Gasteiger partial charge in [0.05, 0.1) is 5.69 Å². The lowest BCUT2D eigenvalue weighted by atomic mass is 9.93. The average molecular weight is 390 g/mol. The molecule has 1 saturated heterocycles. The number of nitrogen functional groups attached to an aromatic ring is 1. The standard InChI is InChI=1S/C23H26N4O2/c1-23(2)21(28)27(22(29)26(23)15-16-12-13-25-20(24)14-16)19-10-8-18(9-11-19)17-6-4-3-5-7-17/h6,8-14H,3-5,7,15H2,1-2H3,(H2,24,25). The number of anilines is 2. The van der Waals surface area contributed by atoms with Gasteiger partial charge in [-0.25, -0.2) is 14.7 Å². The number of pyridine rings is 1. The molecule has 2 aromatic rings. The molecule has 150 valence electrons. The number of hydrogen-bond acceptors (Lipinski definition) is 4. The summed E-state index contributed by atoms with van der Waals surface area (Å²) in [6.07, 6.45) is 8.54. The van der Waals surface area contributed by atoms with Crippen LogP contribution in [0.3, 0.4) is 0 Å². The summed E-state index contributed by atoms with van der Waals surface area (Å²) in [6, 6.07) is 11.0. The number of nitrogens with two attached hydrogens (primary N) is 1. The zero-order valence-electron chi connectivity index (χ0n) is 16.9. The van der Waals surface area contributed by atoms with Crippen molar-refractivity contribution in [2.24, 2.45) is 0 Å². The average Bonchev–Trinajstić information content (AvgIpc) is 2.88. The van der Waals surface area contributed by atoms with Crippen LogP contribution >= 0.6 is 0 Å². The Morgan fingerprint density at radius 1 is 1.10 bits per heavy atom. The molecule has 1 aliphatic carbocycles. The van der Waals surface area contributed by atoms with E-state index in [2.05, 4.69) is 11.1 Å². The fourth-order valence-electron chi connectivity index (χ4n) is 4.03. The third-order valence-electron chi connectivity index (χ3n) is 5.80. The number of aromatic nitrogens is 1. The van der Waals surface area contributed by atoms with Gasteiger partial charge in [-0.2, -0.15) is 0 Å². The summed E-state index contributed by atoms with van der Waals surface area (Å²) in [6.45, 7) is 3.85. The van der Waals surface area contributed by atoms with Crippen LogP contribution in [-0.4, -0.2) is 27.4 Å². The van der Waals surface area contributed by atoms with Gasteiger partial charge in [0.15, 0.2) is 0 Å². The molecule has 4 rings (SSSR count). The molecule has 0 bridgehead atoms. The summed E-state index contributed by atoms with van der Waals surface area (Å²) < 4.78 is 0. The van der Waals surface area contributed by atoms with Crippen LogP contribution in [-0.2, 0) is 11.3 Å². The van der Waals surface area contributed by atoms with Gasteiger partial charge in [0, 0.05) is 12.7 Å². The van der Waals surface area contributed by atoms with E-state index in [1.54, 1.807) is 37.1 Å². The molecule has 1 aromatic carbocycles. The molecule has 3 amide bonds. The van der Waals surface area contributed by atoms with E-state index in [-0.39, 0.29) is 11.9 Å². The molecule has 1 fully saturated rings. The van der Waals surface area contributed by atoms with Crippen molar-refractivity contribution < 1.29 is 9.59 Å². The van der Waals surface area contributed by atoms with E-state index in [1.807, 2.05) is 24.3 Å². The van der Waals surface area contributed by atoms with Crippen molar-refractivity contribution in [1.29, 1.82) is 0 Å². The molecule has 2 N–H and O–H groups in total. The molecule has 0 saturated carbocycles. The molecule has 1 aromatic heterocycles. The van der Waals surface area contributed by atoms with E-state index >= 15 is 0 Å². The minimum Gasteiger partial charge on any atom is -0.384 e. The minimum absolute atomic E-state index is 0.228. The summed E-state index contributed by atoms with van der Waals surface area (Å²) in [5, 5.41) is 0. The number of carbonyl (C=O) groups is 2. The summed E-state index contributed by atoms with van der Waals surface area (Å²) >= 11 is 0. The zero-order valence-corrected chi connectivity index (χ0v) is 16.9. The highest BCUT2D eigenvalue weighted by Crippen LogP contribution is 2.34. The second-order valence-corrected chi connectivity index (χ2v) is 8.18. The van der Waals surface area contributed by atoms with Crippen molar-refractivity contribution in [3.05, 3.63) is 59.8 Å². The Bertz CT molecular complexity index is 979. The van der Waals surface area contributed by atoms with Crippen molar-refractivity contribution in [2.45, 2.75) is 51.6 Å². The van der Waals surface area contributed by atoms with Gasteiger partial charge in [-0.3, -0.25) is 4.79 Å². The van der Waals surface area contributed by atoms with Crippen molar-refractivity contribution in [2.75, 3.05) is 10.6 Å². The van der Waals surface area contributed by atoms with E-state index in [9.17, 15) is 9.59 Å². The number of rotatable bonds is 4. The first-order valence-corrected chi connectivity index (χ1v) is 10.0. The Morgan fingerprint density at radius 3 is 2.52 bits per heavy atom. The monoisotopic (exact) mass is 390 g/mol. The van der Waals surface area contributed by atoms with Gasteiger partial charge in [-0.05, 0) is 80.5 Å². The van der Waals surface area contributed by atoms with Crippen LogP contribution in [0.4, 0.5) is 16.3 Å². The Labute approximate surface area is 171 Å². The highest BCUT2D eigenvalue weighted by atomic mass is 16.2. The fraction of sp³-hybridized carbons (Fsp3) is 0.348. The topological polar surface area (TPSA) is 79.5 Å². The Hall–Kier alpha value is -3.15. The highest BCUT2D eigenvalue weighted by Gasteiger charge is 2.51. The number of carbonyl (C=O) groups excluding carboxylic acids is 2. The maximum atomic E-state index is 13.2. The van der Waals surface area contributed by atoms with Gasteiger partial charge in [0.1, 0.15) is 11.4 Å². The highest BCUT2D eigenvalue weighted by molar-refractivity contribution is 6.22. The molecular formula is C23H26N4O2. The summed E-state index contributed by atoms with van der Waals surface area (Å²) in [5.74, 6) is 0.164. The Balaban J connectivity index is 1.60. The molecule has 0 atom stereocenters. The molecule has 1 aliphatic heterocycles. The third-order valence-corrected chi connectivity index (χ3v) is 5.80. The lowest BCUT2D eigenvalue weighted by molar-refractivity contribution is -0.123. The van der Waals surface area contributed by atoms with Gasteiger partial charge >= 0.3 is 6.03 Å². The SMILES string of the molecule is CC1(C)C(=O)N(c2ccc(C3=CCCCC3)cc2)C(=O)N1Cc1ccnc(N)c1. The largest absolute Gasteiger partial charge is 0.384 e. The summed E-state index contributed by atoms with van der Waals surface area (Å²) in [4.78, 5) is 33.1. The predicted octanol–water partition coefficient (Wildman–Crippen LogP) is 4.37. The third kappa shape index (κ3) is 3.50. The number of hydrogen-bond donors (Lipinski definition) is 1. The van der Waals surface area contributed by atoms with Crippen molar-refractivity contribution >= 4 is 29.0 Å². The lowest BCUT2D eigenvalue weighted by Gasteiger charge is -2.27. The van der Waals surface area contributed by atoms with Crippen LogP contribution in [0.15, 0.2) is 48.7 Å². The number of amides is 3. The first-order valence-electron chi connectivity index (χ1n) is 10.0. The molecule has 0 spiro atoms. The first-order chi connectivity index (χ1) is 13.9. The van der Waals surface area contributed by atoms with Crippen molar-refractivity contribution in [3.8, 4) is 0 Å². The number of imide groups is 1. The molecule has 2 aliphatic rings. The van der Waals surface area contributed by atoms with Crippen LogP contribution in [0.2, 0.25) is 0 Å². The molecule has 2 heterocycles. The van der Waals surface area contributed by atoms with Crippen LogP contribution in [0, 0.1) is 0 Å². The second-order valence-electron chi connectivity index (χ2n) is 8.18. The Kier molecular flexibility index (Phi) is 4.86. The van der Waals surface area contributed by atoms with E-state index in [0.29, 0.717) is 18.1 Å². The van der Waals surface area contributed by atoms with Crippen molar-refractivity contribution in [3.63, 3.8) is 0 Å². The molecule has 6 nitrogen and oxygen atoms in total. The molecule has 6 heteroatoms. The van der Waals surface area contributed by atoms with E-state index in [4.69, 9.17) is 5.73 Å². The van der Waals surface area contributed by atoms with E-state index in [1.165, 1.54) is 23.3 Å². The van der Waals surface area contributed by atoms with Gasteiger partial charge in [-0.15, -0.1) is 0 Å². The van der Waals surface area contributed by atoms with E-state index in [0.717, 1.165) is 24.0 Å². The smallest absolute Gasteiger partial charge is 0.332 e. The predicted molar refractivity (Wildman–Crippen MR) is 114 cm³/mol. The molecule has 0 radical (unpaired) electrons. The van der Waals surface area contributed by atoms with Crippen LogP contribution in [0.25, 0.3) is 5.57 Å². The number of benzene rings is 1. The normalized spacial score (nSPS) is 18.9. The van der Waals surface area contributed by atoms with Gasteiger partial charge in [0.2, 0.25) is 0 Å². The number of allylic oxidation sites excluding steroid dienone is 2. The lowest BCUT2D eigenvalue weighted by Crippen LogP contribution is -2.43. The molecule has 0 unspecified atom stereocenters. The maximum absolute atomic E-state index is 13.2. The molecular weight excluding hydrogens is 364 g/mol. The van der Waals surface area contributed by atoms with E-state index < -0.39 is 5.54 Å². The summed E-state index contributed by atoms with van der Waals surface area (Å²) in [7, 11) is 0. The molecule has 29 heavy (non-hydrogen) atoms. The van der Waals surface area contributed by atoms with Gasteiger partial charge in [0.25, 0.3) is 5.91 Å². The number of urea groups is 1. The van der Waals surface area contributed by atoms with Crippen LogP contribution < -0.4 is 10.6 Å². The fourth-order valence-corrected chi connectivity index (χ4v) is 4.03. The first kappa shape index (κ1) is 19.2. The van der Waals surface area contributed by atoms with Crippen LogP contribution in [0.1, 0.15) is 50.7 Å². The Morgan fingerprint density at radius 2 is 1.86 bits per heavy atom. The quantitative estimate of drug-likeness (QED) is 0.786. The summed E-state index contributed by atoms with van der Waals surface area (Å²) in [5.41, 5.74) is 8.77. The van der Waals surface area contributed by atoms with Gasteiger partial charge in [-0.1, -0.05) is 18.2 Å². The van der Waals surface area contributed by atoms with Crippen molar-refractivity contribution in [1.82, 2.24) is 9.88 Å². The second kappa shape index (κ2) is 7.35. The van der Waals surface area contributed by atoms with Crippen LogP contribution in [0.5, 0.6) is 0 Å².